The molecule has 0 saturated carbocycles. The highest BCUT2D eigenvalue weighted by Gasteiger charge is 2.14. The van der Waals surface area contributed by atoms with Crippen LogP contribution >= 0.6 is 0 Å². The van der Waals surface area contributed by atoms with E-state index in [1.54, 1.807) is 16.7 Å². The minimum Gasteiger partial charge on any atom is -0.478 e. The molecule has 26 heavy (non-hydrogen) atoms. The summed E-state index contributed by atoms with van der Waals surface area (Å²) in [5, 5.41) is 12.9. The largest absolute Gasteiger partial charge is 0.478 e. The SMILES string of the molecule is O=C(O)c1cnn(-c2nc3c(ncn3Cc3cccc(F)c3)c(=O)[nH]2)c1. The van der Waals surface area contributed by atoms with Crippen LogP contribution in [0.15, 0.2) is 47.8 Å². The molecule has 4 rings (SSSR count). The van der Waals surface area contributed by atoms with Crippen molar-refractivity contribution in [3.63, 3.8) is 0 Å². The molecule has 3 aromatic heterocycles. The first-order valence-electron chi connectivity index (χ1n) is 7.49. The number of aromatic carboxylic acids is 1. The second kappa shape index (κ2) is 5.92. The molecule has 0 fully saturated rings. The summed E-state index contributed by atoms with van der Waals surface area (Å²) in [4.78, 5) is 34.1. The smallest absolute Gasteiger partial charge is 0.338 e. The van der Waals surface area contributed by atoms with Crippen LogP contribution in [-0.4, -0.2) is 40.4 Å². The molecular weight excluding hydrogens is 343 g/mol. The molecule has 1 aromatic carbocycles. The first-order valence-corrected chi connectivity index (χ1v) is 7.49. The van der Waals surface area contributed by atoms with E-state index < -0.39 is 11.5 Å². The van der Waals surface area contributed by atoms with Gasteiger partial charge in [-0.2, -0.15) is 10.1 Å². The van der Waals surface area contributed by atoms with Gasteiger partial charge in [0.2, 0.25) is 5.95 Å². The highest BCUT2D eigenvalue weighted by Crippen LogP contribution is 2.12. The van der Waals surface area contributed by atoms with Crippen molar-refractivity contribution in [1.82, 2.24) is 29.3 Å². The average Bonchev–Trinajstić information content (AvgIpc) is 3.23. The van der Waals surface area contributed by atoms with Gasteiger partial charge in [-0.3, -0.25) is 9.78 Å². The standard InChI is InChI=1S/C16H11FN6O3/c17-11-3-1-2-9(4-11)6-22-8-18-12-13(22)20-16(21-14(12)24)23-7-10(5-19-23)15(25)26/h1-5,7-8H,6H2,(H,25,26)(H,20,21,24). The molecule has 0 radical (unpaired) electrons. The van der Waals surface area contributed by atoms with Gasteiger partial charge >= 0.3 is 5.97 Å². The molecule has 10 heteroatoms. The third-order valence-electron chi connectivity index (χ3n) is 3.75. The molecule has 0 unspecified atom stereocenters. The number of rotatable bonds is 4. The van der Waals surface area contributed by atoms with Gasteiger partial charge in [0.1, 0.15) is 5.82 Å². The second-order valence-electron chi connectivity index (χ2n) is 5.54. The minimum atomic E-state index is -1.14. The molecule has 9 nitrogen and oxygen atoms in total. The van der Waals surface area contributed by atoms with Crippen molar-refractivity contribution in [3.8, 4) is 5.95 Å². The third-order valence-corrected chi connectivity index (χ3v) is 3.75. The van der Waals surface area contributed by atoms with Gasteiger partial charge in [0.05, 0.1) is 24.6 Å². The molecular formula is C16H11FN6O3. The Morgan fingerprint density at radius 3 is 2.92 bits per heavy atom. The molecule has 4 aromatic rings. The van der Waals surface area contributed by atoms with E-state index in [1.165, 1.54) is 24.7 Å². The maximum absolute atomic E-state index is 13.4. The summed E-state index contributed by atoms with van der Waals surface area (Å²) < 4.78 is 16.1. The maximum atomic E-state index is 13.4. The molecule has 0 spiro atoms. The number of fused-ring (bicyclic) bond motifs is 1. The third kappa shape index (κ3) is 2.73. The lowest BCUT2D eigenvalue weighted by atomic mass is 10.2. The number of nitrogens with one attached hydrogen (secondary N) is 1. The summed E-state index contributed by atoms with van der Waals surface area (Å²) in [6, 6.07) is 6.06. The fourth-order valence-electron chi connectivity index (χ4n) is 2.55. The Kier molecular flexibility index (Phi) is 3.57. The zero-order valence-corrected chi connectivity index (χ0v) is 13.1. The molecule has 0 aliphatic carbocycles. The lowest BCUT2D eigenvalue weighted by Crippen LogP contribution is -2.15. The summed E-state index contributed by atoms with van der Waals surface area (Å²) in [7, 11) is 0. The number of carbonyl (C=O) groups is 1. The zero-order chi connectivity index (χ0) is 18.3. The van der Waals surface area contributed by atoms with E-state index in [0.29, 0.717) is 5.56 Å². The lowest BCUT2D eigenvalue weighted by molar-refractivity contribution is 0.0697. The topological polar surface area (TPSA) is 119 Å². The van der Waals surface area contributed by atoms with Crippen molar-refractivity contribution in [2.45, 2.75) is 6.54 Å². The Bertz CT molecular complexity index is 1190. The maximum Gasteiger partial charge on any atom is 0.338 e. The Hall–Kier alpha value is -3.82. The predicted molar refractivity (Wildman–Crippen MR) is 87.7 cm³/mol. The van der Waals surface area contributed by atoms with Crippen LogP contribution in [0, 0.1) is 5.82 Å². The summed E-state index contributed by atoms with van der Waals surface area (Å²) in [5.41, 5.74) is 0.549. The monoisotopic (exact) mass is 354 g/mol. The zero-order valence-electron chi connectivity index (χ0n) is 13.1. The van der Waals surface area contributed by atoms with E-state index in [1.807, 2.05) is 0 Å². The fourth-order valence-corrected chi connectivity index (χ4v) is 2.55. The van der Waals surface area contributed by atoms with Crippen LogP contribution in [0.5, 0.6) is 0 Å². The number of nitrogens with zero attached hydrogens (tertiary/aromatic N) is 5. The van der Waals surface area contributed by atoms with Gasteiger partial charge in [-0.15, -0.1) is 0 Å². The van der Waals surface area contributed by atoms with Gasteiger partial charge in [-0.05, 0) is 17.7 Å². The Balaban J connectivity index is 1.80. The van der Waals surface area contributed by atoms with E-state index in [9.17, 15) is 14.0 Å². The van der Waals surface area contributed by atoms with Crippen LogP contribution in [-0.2, 0) is 6.54 Å². The first-order chi connectivity index (χ1) is 12.5. The molecule has 0 aliphatic rings. The van der Waals surface area contributed by atoms with Gasteiger partial charge < -0.3 is 9.67 Å². The Labute approximate surface area is 144 Å². The number of benzene rings is 1. The summed E-state index contributed by atoms with van der Waals surface area (Å²) in [5.74, 6) is -1.46. The van der Waals surface area contributed by atoms with Crippen LogP contribution in [0.1, 0.15) is 15.9 Å². The Morgan fingerprint density at radius 1 is 1.35 bits per heavy atom. The summed E-state index contributed by atoms with van der Waals surface area (Å²) >= 11 is 0. The van der Waals surface area contributed by atoms with E-state index in [4.69, 9.17) is 5.11 Å². The molecule has 130 valence electrons. The van der Waals surface area contributed by atoms with Gasteiger partial charge in [0, 0.05) is 6.20 Å². The quantitative estimate of drug-likeness (QED) is 0.568. The molecule has 2 N–H and O–H groups in total. The van der Waals surface area contributed by atoms with Crippen LogP contribution in [0.3, 0.4) is 0 Å². The number of halogens is 1. The van der Waals surface area contributed by atoms with E-state index in [2.05, 4.69) is 20.1 Å². The van der Waals surface area contributed by atoms with Gasteiger partial charge in [-0.1, -0.05) is 12.1 Å². The second-order valence-corrected chi connectivity index (χ2v) is 5.54. The predicted octanol–water partition coefficient (Wildman–Crippen LogP) is 1.19. The van der Waals surface area contributed by atoms with Gasteiger partial charge in [-0.25, -0.2) is 18.9 Å². The highest BCUT2D eigenvalue weighted by molar-refractivity contribution is 5.86. The summed E-state index contributed by atoms with van der Waals surface area (Å²) in [6.45, 7) is 0.267. The van der Waals surface area contributed by atoms with Crippen LogP contribution in [0.25, 0.3) is 17.1 Å². The first kappa shape index (κ1) is 15.7. The Morgan fingerprint density at radius 2 is 2.19 bits per heavy atom. The number of aromatic nitrogens is 6. The number of hydrogen-bond donors (Lipinski definition) is 2. The van der Waals surface area contributed by atoms with Crippen molar-refractivity contribution < 1.29 is 14.3 Å². The molecule has 0 amide bonds. The molecule has 0 atom stereocenters. The van der Waals surface area contributed by atoms with E-state index >= 15 is 0 Å². The van der Waals surface area contributed by atoms with E-state index in [0.717, 1.165) is 10.9 Å². The molecule has 0 saturated heterocycles. The van der Waals surface area contributed by atoms with Crippen molar-refractivity contribution in [1.29, 1.82) is 0 Å². The molecule has 0 aliphatic heterocycles. The van der Waals surface area contributed by atoms with Crippen molar-refractivity contribution in [2.75, 3.05) is 0 Å². The number of carboxylic acid groups (broad SMARTS) is 1. The minimum absolute atomic E-state index is 0.0407. The average molecular weight is 354 g/mol. The van der Waals surface area contributed by atoms with Crippen molar-refractivity contribution in [2.24, 2.45) is 0 Å². The summed E-state index contributed by atoms with van der Waals surface area (Å²) in [6.07, 6.45) is 3.82. The lowest BCUT2D eigenvalue weighted by Gasteiger charge is -2.05. The van der Waals surface area contributed by atoms with Crippen LogP contribution < -0.4 is 5.56 Å². The number of imidazole rings is 1. The molecule has 3 heterocycles. The van der Waals surface area contributed by atoms with Gasteiger partial charge in [0.25, 0.3) is 5.56 Å². The number of carboxylic acids is 1. The van der Waals surface area contributed by atoms with Crippen LogP contribution in [0.4, 0.5) is 4.39 Å². The van der Waals surface area contributed by atoms with Gasteiger partial charge in [0.15, 0.2) is 11.2 Å². The van der Waals surface area contributed by atoms with E-state index in [-0.39, 0.29) is 35.0 Å². The number of aromatic amines is 1. The number of H-pyrrole nitrogens is 1. The molecule has 0 bridgehead atoms. The fraction of sp³-hybridized carbons (Fsp3) is 0.0625. The number of hydrogen-bond acceptors (Lipinski definition) is 5. The van der Waals surface area contributed by atoms with Crippen molar-refractivity contribution >= 4 is 17.1 Å². The normalized spacial score (nSPS) is 11.1. The highest BCUT2D eigenvalue weighted by atomic mass is 19.1. The van der Waals surface area contributed by atoms with Crippen molar-refractivity contribution in [3.05, 3.63) is 70.3 Å². The van der Waals surface area contributed by atoms with Crippen LogP contribution in [0.2, 0.25) is 0 Å².